The van der Waals surface area contributed by atoms with Crippen molar-refractivity contribution in [3.8, 4) is 5.75 Å². The van der Waals surface area contributed by atoms with Crippen molar-refractivity contribution < 1.29 is 13.9 Å². The average molecular weight is 380 g/mol. The molecule has 28 heavy (non-hydrogen) atoms. The fraction of sp³-hybridized carbons (Fsp3) is 0.263. The summed E-state index contributed by atoms with van der Waals surface area (Å²) in [6, 6.07) is 11.0. The van der Waals surface area contributed by atoms with E-state index in [1.807, 2.05) is 29.2 Å². The smallest absolute Gasteiger partial charge is 0.289 e. The van der Waals surface area contributed by atoms with Gasteiger partial charge in [0.05, 0.1) is 19.6 Å². The first-order valence-corrected chi connectivity index (χ1v) is 8.91. The van der Waals surface area contributed by atoms with E-state index in [0.29, 0.717) is 43.7 Å². The number of furan rings is 1. The molecule has 1 amide bonds. The highest BCUT2D eigenvalue weighted by molar-refractivity contribution is 5.91. The molecule has 1 aliphatic rings. The predicted molar refractivity (Wildman–Crippen MR) is 103 cm³/mol. The van der Waals surface area contributed by atoms with Crippen LogP contribution in [-0.4, -0.2) is 59.3 Å². The van der Waals surface area contributed by atoms with Gasteiger partial charge in [-0.05, 0) is 24.3 Å². The Morgan fingerprint density at radius 2 is 2.04 bits per heavy atom. The van der Waals surface area contributed by atoms with Gasteiger partial charge in [-0.15, -0.1) is 5.10 Å². The van der Waals surface area contributed by atoms with Crippen molar-refractivity contribution in [2.75, 3.05) is 43.5 Å². The first kappa shape index (κ1) is 17.8. The van der Waals surface area contributed by atoms with Crippen molar-refractivity contribution in [1.82, 2.24) is 20.1 Å². The number of benzene rings is 1. The fourth-order valence-corrected chi connectivity index (χ4v) is 3.00. The number of nitrogens with zero attached hydrogens (tertiary/aromatic N) is 5. The second-order valence-electron chi connectivity index (χ2n) is 6.26. The Labute approximate surface area is 161 Å². The molecule has 1 saturated heterocycles. The molecule has 0 radical (unpaired) electrons. The van der Waals surface area contributed by atoms with E-state index in [4.69, 9.17) is 9.15 Å². The molecule has 1 N–H and O–H groups in total. The molecule has 1 fully saturated rings. The number of hydrogen-bond acceptors (Lipinski definition) is 8. The lowest BCUT2D eigenvalue weighted by atomic mass is 10.3. The van der Waals surface area contributed by atoms with Gasteiger partial charge in [0.2, 0.25) is 5.95 Å². The molecule has 0 aliphatic carbocycles. The van der Waals surface area contributed by atoms with Gasteiger partial charge < -0.3 is 24.3 Å². The van der Waals surface area contributed by atoms with Crippen molar-refractivity contribution in [1.29, 1.82) is 0 Å². The molecule has 0 bridgehead atoms. The summed E-state index contributed by atoms with van der Waals surface area (Å²) in [6.45, 7) is 2.38. The Hall–Kier alpha value is -3.62. The summed E-state index contributed by atoms with van der Waals surface area (Å²) < 4.78 is 10.4. The van der Waals surface area contributed by atoms with Crippen LogP contribution in [0.5, 0.6) is 5.75 Å². The number of amides is 1. The zero-order chi connectivity index (χ0) is 19.3. The van der Waals surface area contributed by atoms with Crippen LogP contribution >= 0.6 is 0 Å². The number of hydrogen-bond donors (Lipinski definition) is 1. The molecule has 3 heterocycles. The molecule has 9 nitrogen and oxygen atoms in total. The minimum absolute atomic E-state index is 0.0999. The SMILES string of the molecule is COc1cccc(Nc2cnnc(N3CCN(C(=O)c4ccco4)CC3)n2)c1. The number of nitrogens with one attached hydrogen (secondary N) is 1. The van der Waals surface area contributed by atoms with E-state index in [1.54, 1.807) is 30.3 Å². The highest BCUT2D eigenvalue weighted by atomic mass is 16.5. The first-order chi connectivity index (χ1) is 13.7. The lowest BCUT2D eigenvalue weighted by molar-refractivity contribution is 0.0714. The number of ether oxygens (including phenoxy) is 1. The van der Waals surface area contributed by atoms with Gasteiger partial charge in [0.1, 0.15) is 5.75 Å². The first-order valence-electron chi connectivity index (χ1n) is 8.91. The van der Waals surface area contributed by atoms with Crippen molar-refractivity contribution in [2.45, 2.75) is 0 Å². The van der Waals surface area contributed by atoms with Crippen LogP contribution in [0.3, 0.4) is 0 Å². The third-order valence-corrected chi connectivity index (χ3v) is 4.47. The molecule has 0 saturated carbocycles. The third-order valence-electron chi connectivity index (χ3n) is 4.47. The Kier molecular flexibility index (Phi) is 5.05. The number of anilines is 3. The van der Waals surface area contributed by atoms with E-state index >= 15 is 0 Å². The van der Waals surface area contributed by atoms with Crippen LogP contribution in [-0.2, 0) is 0 Å². The van der Waals surface area contributed by atoms with Crippen LogP contribution in [0, 0.1) is 0 Å². The average Bonchev–Trinajstić information content (AvgIpc) is 3.29. The maximum Gasteiger partial charge on any atom is 0.289 e. The van der Waals surface area contributed by atoms with Crippen LogP contribution in [0.1, 0.15) is 10.6 Å². The molecule has 2 aromatic heterocycles. The summed E-state index contributed by atoms with van der Waals surface area (Å²) in [4.78, 5) is 20.7. The number of piperazine rings is 1. The molecule has 0 spiro atoms. The molecule has 9 heteroatoms. The zero-order valence-corrected chi connectivity index (χ0v) is 15.4. The predicted octanol–water partition coefficient (Wildman–Crippen LogP) is 2.18. The lowest BCUT2D eigenvalue weighted by Crippen LogP contribution is -2.49. The van der Waals surface area contributed by atoms with Gasteiger partial charge >= 0.3 is 0 Å². The van der Waals surface area contributed by atoms with Crippen LogP contribution in [0.4, 0.5) is 17.5 Å². The third kappa shape index (κ3) is 3.88. The summed E-state index contributed by atoms with van der Waals surface area (Å²) in [5, 5.41) is 11.4. The van der Waals surface area contributed by atoms with Gasteiger partial charge in [0, 0.05) is 37.9 Å². The highest BCUT2D eigenvalue weighted by Gasteiger charge is 2.25. The van der Waals surface area contributed by atoms with Crippen LogP contribution in [0.2, 0.25) is 0 Å². The summed E-state index contributed by atoms with van der Waals surface area (Å²) in [6.07, 6.45) is 3.07. The summed E-state index contributed by atoms with van der Waals surface area (Å²) in [7, 11) is 1.62. The van der Waals surface area contributed by atoms with Gasteiger partial charge in [0.25, 0.3) is 5.91 Å². The number of carbonyl (C=O) groups excluding carboxylic acids is 1. The molecular formula is C19H20N6O3. The van der Waals surface area contributed by atoms with E-state index in [0.717, 1.165) is 11.4 Å². The van der Waals surface area contributed by atoms with E-state index in [9.17, 15) is 4.79 Å². The Morgan fingerprint density at radius 3 is 2.79 bits per heavy atom. The fourth-order valence-electron chi connectivity index (χ4n) is 3.00. The molecule has 0 atom stereocenters. The van der Waals surface area contributed by atoms with Gasteiger partial charge in [-0.1, -0.05) is 6.07 Å². The monoisotopic (exact) mass is 380 g/mol. The van der Waals surface area contributed by atoms with Crippen molar-refractivity contribution in [3.05, 3.63) is 54.6 Å². The molecule has 144 valence electrons. The number of methoxy groups -OCH3 is 1. The summed E-state index contributed by atoms with van der Waals surface area (Å²) in [5.41, 5.74) is 0.847. The maximum atomic E-state index is 12.4. The van der Waals surface area contributed by atoms with Crippen molar-refractivity contribution in [2.24, 2.45) is 0 Å². The molecule has 0 unspecified atom stereocenters. The standard InChI is InChI=1S/C19H20N6O3/c1-27-15-5-2-4-14(12-15)21-17-13-20-23-19(22-17)25-9-7-24(8-10-25)18(26)16-6-3-11-28-16/h2-6,11-13H,7-10H2,1H3,(H,21,22,23). The van der Waals surface area contributed by atoms with E-state index in [1.165, 1.54) is 6.26 Å². The summed E-state index contributed by atoms with van der Waals surface area (Å²) in [5.74, 6) is 2.13. The quantitative estimate of drug-likeness (QED) is 0.719. The molecule has 1 aliphatic heterocycles. The summed E-state index contributed by atoms with van der Waals surface area (Å²) >= 11 is 0. The highest BCUT2D eigenvalue weighted by Crippen LogP contribution is 2.21. The van der Waals surface area contributed by atoms with Crippen LogP contribution < -0.4 is 15.0 Å². The minimum Gasteiger partial charge on any atom is -0.497 e. The van der Waals surface area contributed by atoms with E-state index < -0.39 is 0 Å². The molecular weight excluding hydrogens is 360 g/mol. The number of carbonyl (C=O) groups is 1. The van der Waals surface area contributed by atoms with Gasteiger partial charge in [-0.25, -0.2) is 0 Å². The second-order valence-corrected chi connectivity index (χ2v) is 6.26. The molecule has 3 aromatic rings. The van der Waals surface area contributed by atoms with Crippen molar-refractivity contribution in [3.63, 3.8) is 0 Å². The van der Waals surface area contributed by atoms with Crippen molar-refractivity contribution >= 4 is 23.4 Å². The lowest BCUT2D eigenvalue weighted by Gasteiger charge is -2.34. The minimum atomic E-state index is -0.0999. The largest absolute Gasteiger partial charge is 0.497 e. The van der Waals surface area contributed by atoms with E-state index in [2.05, 4.69) is 20.5 Å². The van der Waals surface area contributed by atoms with Crippen LogP contribution in [0.25, 0.3) is 0 Å². The Morgan fingerprint density at radius 1 is 1.18 bits per heavy atom. The maximum absolute atomic E-state index is 12.4. The van der Waals surface area contributed by atoms with Gasteiger partial charge in [-0.3, -0.25) is 4.79 Å². The topological polar surface area (TPSA) is 96.6 Å². The molecule has 1 aromatic carbocycles. The van der Waals surface area contributed by atoms with Crippen LogP contribution in [0.15, 0.2) is 53.3 Å². The van der Waals surface area contributed by atoms with Gasteiger partial charge in [-0.2, -0.15) is 10.1 Å². The van der Waals surface area contributed by atoms with Gasteiger partial charge in [0.15, 0.2) is 11.6 Å². The van der Waals surface area contributed by atoms with E-state index in [-0.39, 0.29) is 5.91 Å². The zero-order valence-electron chi connectivity index (χ0n) is 15.4. The Bertz CT molecular complexity index is 938. The number of rotatable bonds is 5. The normalized spacial score (nSPS) is 14.0. The molecule has 4 rings (SSSR count). The Balaban J connectivity index is 1.40. The second kappa shape index (κ2) is 7.95. The number of aromatic nitrogens is 3.